The molecule has 0 saturated heterocycles. The smallest absolute Gasteiger partial charge is 0.210 e. The summed E-state index contributed by atoms with van der Waals surface area (Å²) >= 11 is 0. The lowest BCUT2D eigenvalue weighted by molar-refractivity contribution is 0.306. The van der Waals surface area contributed by atoms with Crippen LogP contribution in [-0.4, -0.2) is 14.9 Å². The molecule has 0 amide bonds. The Balaban J connectivity index is 3.37. The molecule has 0 aliphatic heterocycles. The SMILES string of the molecule is C=C[Si](C)(C)OCCCC. The van der Waals surface area contributed by atoms with Gasteiger partial charge in [-0.05, 0) is 19.5 Å². The molecule has 0 aromatic carbocycles. The highest BCUT2D eigenvalue weighted by Gasteiger charge is 2.15. The van der Waals surface area contributed by atoms with Gasteiger partial charge in [-0.15, -0.1) is 6.58 Å². The van der Waals surface area contributed by atoms with Gasteiger partial charge in [0.15, 0.2) is 0 Å². The predicted octanol–water partition coefficient (Wildman–Crippen LogP) is 2.73. The van der Waals surface area contributed by atoms with Crippen LogP contribution in [0, 0.1) is 0 Å². The van der Waals surface area contributed by atoms with Crippen molar-refractivity contribution in [1.29, 1.82) is 0 Å². The summed E-state index contributed by atoms with van der Waals surface area (Å²) in [5, 5.41) is 0. The van der Waals surface area contributed by atoms with Gasteiger partial charge in [-0.3, -0.25) is 0 Å². The van der Waals surface area contributed by atoms with Crippen molar-refractivity contribution < 1.29 is 4.43 Å². The number of rotatable bonds is 5. The summed E-state index contributed by atoms with van der Waals surface area (Å²) in [6.45, 7) is 11.1. The molecule has 0 aliphatic carbocycles. The first-order chi connectivity index (χ1) is 4.62. The third-order valence-electron chi connectivity index (χ3n) is 1.46. The van der Waals surface area contributed by atoms with Gasteiger partial charge in [0.1, 0.15) is 0 Å². The summed E-state index contributed by atoms with van der Waals surface area (Å²) in [5.74, 6) is 0. The lowest BCUT2D eigenvalue weighted by Gasteiger charge is -2.17. The largest absolute Gasteiger partial charge is 0.414 e. The highest BCUT2D eigenvalue weighted by atomic mass is 28.4. The number of hydrogen-bond acceptors (Lipinski definition) is 1. The Bertz CT molecular complexity index is 99.4. The molecule has 0 fully saturated rings. The lowest BCUT2D eigenvalue weighted by Crippen LogP contribution is -2.27. The van der Waals surface area contributed by atoms with Gasteiger partial charge in [-0.2, -0.15) is 0 Å². The van der Waals surface area contributed by atoms with E-state index in [-0.39, 0.29) is 0 Å². The molecule has 0 aromatic heterocycles. The molecule has 0 bridgehead atoms. The molecule has 2 heteroatoms. The molecule has 0 spiro atoms. The lowest BCUT2D eigenvalue weighted by atomic mass is 10.4. The van der Waals surface area contributed by atoms with Crippen LogP contribution >= 0.6 is 0 Å². The third-order valence-corrected chi connectivity index (χ3v) is 3.39. The van der Waals surface area contributed by atoms with Gasteiger partial charge in [-0.25, -0.2) is 0 Å². The molecule has 0 rings (SSSR count). The molecule has 0 aliphatic rings. The Labute approximate surface area is 65.2 Å². The highest BCUT2D eigenvalue weighted by molar-refractivity contribution is 6.76. The fraction of sp³-hybridized carbons (Fsp3) is 0.750. The summed E-state index contributed by atoms with van der Waals surface area (Å²) < 4.78 is 5.64. The second-order valence-electron chi connectivity index (χ2n) is 3.01. The van der Waals surface area contributed by atoms with E-state index >= 15 is 0 Å². The first kappa shape index (κ1) is 9.92. The summed E-state index contributed by atoms with van der Waals surface area (Å²) in [5.41, 5.74) is 1.97. The van der Waals surface area contributed by atoms with Crippen LogP contribution in [0.1, 0.15) is 19.8 Å². The van der Waals surface area contributed by atoms with Crippen LogP contribution in [0.25, 0.3) is 0 Å². The fourth-order valence-corrected chi connectivity index (χ4v) is 1.33. The van der Waals surface area contributed by atoms with E-state index in [2.05, 4.69) is 26.6 Å². The van der Waals surface area contributed by atoms with E-state index in [4.69, 9.17) is 4.43 Å². The number of unbranched alkanes of at least 4 members (excludes halogenated alkanes) is 1. The molecule has 0 heterocycles. The van der Waals surface area contributed by atoms with Crippen molar-refractivity contribution in [3.63, 3.8) is 0 Å². The Hall–Kier alpha value is -0.0831. The summed E-state index contributed by atoms with van der Waals surface area (Å²) in [6, 6.07) is 0. The Morgan fingerprint density at radius 3 is 2.50 bits per heavy atom. The van der Waals surface area contributed by atoms with Crippen LogP contribution in [0.15, 0.2) is 12.3 Å². The standard InChI is InChI=1S/C8H18OSi/c1-5-7-8-9-10(3,4)6-2/h6H,2,5,7-8H2,1,3-4H3. The maximum absolute atomic E-state index is 5.64. The van der Waals surface area contributed by atoms with E-state index in [9.17, 15) is 0 Å². The maximum atomic E-state index is 5.64. The van der Waals surface area contributed by atoms with Crippen molar-refractivity contribution in [1.82, 2.24) is 0 Å². The maximum Gasteiger partial charge on any atom is 0.210 e. The Morgan fingerprint density at radius 1 is 1.50 bits per heavy atom. The molecular formula is C8H18OSi. The molecule has 1 nitrogen and oxygen atoms in total. The first-order valence-corrected chi connectivity index (χ1v) is 6.88. The van der Waals surface area contributed by atoms with Crippen molar-refractivity contribution in [2.24, 2.45) is 0 Å². The molecule has 10 heavy (non-hydrogen) atoms. The average molecular weight is 158 g/mol. The fourth-order valence-electron chi connectivity index (χ4n) is 0.538. The van der Waals surface area contributed by atoms with Crippen molar-refractivity contribution in [2.45, 2.75) is 32.9 Å². The molecule has 0 radical (unpaired) electrons. The van der Waals surface area contributed by atoms with E-state index in [1.54, 1.807) is 0 Å². The third kappa shape index (κ3) is 4.76. The normalized spacial score (nSPS) is 11.5. The zero-order valence-corrected chi connectivity index (χ0v) is 8.31. The summed E-state index contributed by atoms with van der Waals surface area (Å²) in [6.07, 6.45) is 2.38. The number of hydrogen-bond donors (Lipinski definition) is 0. The van der Waals surface area contributed by atoms with Crippen LogP contribution < -0.4 is 0 Å². The van der Waals surface area contributed by atoms with E-state index in [0.29, 0.717) is 0 Å². The zero-order chi connectivity index (χ0) is 8.04. The molecule has 60 valence electrons. The topological polar surface area (TPSA) is 9.23 Å². The zero-order valence-electron chi connectivity index (χ0n) is 7.31. The van der Waals surface area contributed by atoms with Gasteiger partial charge >= 0.3 is 0 Å². The predicted molar refractivity (Wildman–Crippen MR) is 48.5 cm³/mol. The second kappa shape index (κ2) is 4.69. The summed E-state index contributed by atoms with van der Waals surface area (Å²) in [4.78, 5) is 0. The summed E-state index contributed by atoms with van der Waals surface area (Å²) in [7, 11) is -1.45. The van der Waals surface area contributed by atoms with Crippen molar-refractivity contribution in [3.8, 4) is 0 Å². The molecule has 0 saturated carbocycles. The molecule has 0 unspecified atom stereocenters. The van der Waals surface area contributed by atoms with E-state index in [0.717, 1.165) is 6.61 Å². The van der Waals surface area contributed by atoms with Crippen LogP contribution in [0.3, 0.4) is 0 Å². The first-order valence-electron chi connectivity index (χ1n) is 3.90. The Kier molecular flexibility index (Phi) is 4.65. The van der Waals surface area contributed by atoms with Crippen LogP contribution in [0.4, 0.5) is 0 Å². The average Bonchev–Trinajstić information content (AvgIpc) is 1.89. The van der Waals surface area contributed by atoms with Crippen LogP contribution in [0.5, 0.6) is 0 Å². The van der Waals surface area contributed by atoms with Crippen LogP contribution in [0.2, 0.25) is 13.1 Å². The van der Waals surface area contributed by atoms with Gasteiger partial charge in [0, 0.05) is 6.61 Å². The van der Waals surface area contributed by atoms with Gasteiger partial charge in [0.05, 0.1) is 0 Å². The monoisotopic (exact) mass is 158 g/mol. The highest BCUT2D eigenvalue weighted by Crippen LogP contribution is 2.05. The molecular weight excluding hydrogens is 140 g/mol. The minimum atomic E-state index is -1.45. The molecule has 0 N–H and O–H groups in total. The molecule has 0 atom stereocenters. The van der Waals surface area contributed by atoms with Crippen LogP contribution in [-0.2, 0) is 4.43 Å². The van der Waals surface area contributed by atoms with E-state index in [1.165, 1.54) is 12.8 Å². The van der Waals surface area contributed by atoms with Gasteiger partial charge in [0.25, 0.3) is 0 Å². The minimum Gasteiger partial charge on any atom is -0.414 e. The second-order valence-corrected chi connectivity index (χ2v) is 6.91. The molecule has 0 aromatic rings. The van der Waals surface area contributed by atoms with Gasteiger partial charge < -0.3 is 4.43 Å². The van der Waals surface area contributed by atoms with Gasteiger partial charge in [-0.1, -0.05) is 19.0 Å². The van der Waals surface area contributed by atoms with Crippen molar-refractivity contribution in [2.75, 3.05) is 6.61 Å². The van der Waals surface area contributed by atoms with E-state index in [1.807, 2.05) is 5.70 Å². The quantitative estimate of drug-likeness (QED) is 0.441. The van der Waals surface area contributed by atoms with E-state index < -0.39 is 8.32 Å². The Morgan fingerprint density at radius 2 is 2.10 bits per heavy atom. The minimum absolute atomic E-state index is 0.905. The van der Waals surface area contributed by atoms with Crippen molar-refractivity contribution in [3.05, 3.63) is 12.3 Å². The van der Waals surface area contributed by atoms with Gasteiger partial charge in [0.2, 0.25) is 8.32 Å². The van der Waals surface area contributed by atoms with Crippen molar-refractivity contribution >= 4 is 8.32 Å².